The van der Waals surface area contributed by atoms with E-state index in [-0.39, 0.29) is 5.41 Å². The van der Waals surface area contributed by atoms with Crippen LogP contribution in [0.3, 0.4) is 0 Å². The molecule has 0 aliphatic heterocycles. The van der Waals surface area contributed by atoms with Gasteiger partial charge in [-0.2, -0.15) is 0 Å². The van der Waals surface area contributed by atoms with Crippen molar-refractivity contribution in [2.45, 2.75) is 11.8 Å². The van der Waals surface area contributed by atoms with Crippen LogP contribution in [0.15, 0.2) is 109 Å². The van der Waals surface area contributed by atoms with Crippen LogP contribution in [0.1, 0.15) is 28.7 Å². The van der Waals surface area contributed by atoms with Gasteiger partial charge in [-0.15, -0.1) is 0 Å². The van der Waals surface area contributed by atoms with Crippen molar-refractivity contribution in [2.24, 2.45) is 0 Å². The topological polar surface area (TPSA) is 9.72 Å². The Bertz CT molecular complexity index is 1330. The predicted octanol–water partition coefficient (Wildman–Crippen LogP) is 7.08. The zero-order valence-corrected chi connectivity index (χ0v) is 22.9. The van der Waals surface area contributed by atoms with E-state index in [1.807, 2.05) is 0 Å². The van der Waals surface area contributed by atoms with E-state index in [1.54, 1.807) is 0 Å². The highest BCUT2D eigenvalue weighted by molar-refractivity contribution is 5.89. The summed E-state index contributed by atoms with van der Waals surface area (Å²) in [5.41, 5.74) is 11.6. The van der Waals surface area contributed by atoms with Crippen LogP contribution >= 0.6 is 0 Å². The van der Waals surface area contributed by atoms with Crippen molar-refractivity contribution in [3.8, 4) is 0 Å². The summed E-state index contributed by atoms with van der Waals surface area (Å²) in [6.45, 7) is 0. The van der Waals surface area contributed by atoms with Crippen LogP contribution in [0, 0.1) is 0 Å². The van der Waals surface area contributed by atoms with Crippen molar-refractivity contribution in [3.05, 3.63) is 131 Å². The van der Waals surface area contributed by atoms with E-state index < -0.39 is 0 Å². The first kappa shape index (κ1) is 24.7. The molecule has 3 heteroatoms. The third kappa shape index (κ3) is 4.62. The van der Waals surface area contributed by atoms with Gasteiger partial charge in [0.05, 0.1) is 0 Å². The lowest BCUT2D eigenvalue weighted by atomic mass is 9.84. The summed E-state index contributed by atoms with van der Waals surface area (Å²) in [4.78, 5) is 6.47. The minimum absolute atomic E-state index is 0.138. The lowest BCUT2D eigenvalue weighted by Gasteiger charge is -2.21. The second kappa shape index (κ2) is 9.82. The second-order valence-corrected chi connectivity index (χ2v) is 10.6. The Balaban J connectivity index is 1.72. The van der Waals surface area contributed by atoms with Crippen molar-refractivity contribution >= 4 is 22.6 Å². The van der Waals surface area contributed by atoms with Crippen LogP contribution in [-0.2, 0) is 5.41 Å². The summed E-state index contributed by atoms with van der Waals surface area (Å²) in [5, 5.41) is 0. The van der Waals surface area contributed by atoms with E-state index in [0.29, 0.717) is 0 Å². The van der Waals surface area contributed by atoms with Gasteiger partial charge >= 0.3 is 0 Å². The average molecular weight is 488 g/mol. The average Bonchev–Trinajstić information content (AvgIpc) is 3.66. The molecule has 0 amide bonds. The number of nitrogens with zero attached hydrogens (tertiary/aromatic N) is 3. The molecular weight excluding hydrogens is 450 g/mol. The molecule has 0 atom stereocenters. The van der Waals surface area contributed by atoms with E-state index in [4.69, 9.17) is 0 Å². The lowest BCUT2D eigenvalue weighted by Crippen LogP contribution is -2.13. The smallest absolute Gasteiger partial charge is 0.0458 e. The Morgan fingerprint density at radius 3 is 1.27 bits per heavy atom. The lowest BCUT2D eigenvalue weighted by molar-refractivity contribution is 0.879. The van der Waals surface area contributed by atoms with Gasteiger partial charge in [-0.3, -0.25) is 0 Å². The van der Waals surface area contributed by atoms with Crippen molar-refractivity contribution < 1.29 is 0 Å². The summed E-state index contributed by atoms with van der Waals surface area (Å²) in [6.07, 6.45) is 1.01. The normalized spacial score (nSPS) is 15.2. The number of hydrogen-bond donors (Lipinski definition) is 0. The fourth-order valence-corrected chi connectivity index (χ4v) is 5.38. The molecule has 5 rings (SSSR count). The van der Waals surface area contributed by atoms with Crippen LogP contribution in [0.5, 0.6) is 0 Å². The summed E-state index contributed by atoms with van der Waals surface area (Å²) in [6, 6.07) is 38.1. The molecule has 37 heavy (non-hydrogen) atoms. The minimum Gasteiger partial charge on any atom is -0.378 e. The van der Waals surface area contributed by atoms with Crippen molar-refractivity contribution in [3.63, 3.8) is 0 Å². The van der Waals surface area contributed by atoms with Gasteiger partial charge in [0, 0.05) is 64.8 Å². The van der Waals surface area contributed by atoms with Gasteiger partial charge in [0.15, 0.2) is 0 Å². The molecule has 3 nitrogen and oxygen atoms in total. The van der Waals surface area contributed by atoms with Crippen LogP contribution in [0.2, 0.25) is 0 Å². The number of hydrogen-bond acceptors (Lipinski definition) is 3. The highest BCUT2D eigenvalue weighted by Gasteiger charge is 2.53. The Labute approximate surface area is 222 Å². The Morgan fingerprint density at radius 1 is 0.486 bits per heavy atom. The van der Waals surface area contributed by atoms with E-state index >= 15 is 0 Å². The maximum absolute atomic E-state index is 2.32. The SMILES string of the molecule is CN(C)c1ccc(C(=C2CC2(c2ccc(N(C)C)cc2)c2ccc(N(C)C)cc2)c2ccccc2)cc1. The number of benzene rings is 4. The van der Waals surface area contributed by atoms with Crippen LogP contribution in [0.25, 0.3) is 5.57 Å². The predicted molar refractivity (Wildman–Crippen MR) is 160 cm³/mol. The van der Waals surface area contributed by atoms with E-state index in [9.17, 15) is 0 Å². The van der Waals surface area contributed by atoms with E-state index in [1.165, 1.54) is 50.5 Å². The molecule has 0 bridgehead atoms. The molecule has 1 aliphatic carbocycles. The molecule has 4 aromatic carbocycles. The third-order valence-electron chi connectivity index (χ3n) is 7.62. The fraction of sp³-hybridized carbons (Fsp3) is 0.235. The number of rotatable bonds is 7. The zero-order chi connectivity index (χ0) is 26.2. The number of allylic oxidation sites excluding steroid dienone is 1. The summed E-state index contributed by atoms with van der Waals surface area (Å²) in [5.74, 6) is 0. The summed E-state index contributed by atoms with van der Waals surface area (Å²) in [7, 11) is 12.6. The molecule has 4 aromatic rings. The first-order chi connectivity index (χ1) is 17.8. The van der Waals surface area contributed by atoms with Crippen molar-refractivity contribution in [1.82, 2.24) is 0 Å². The number of anilines is 3. The molecule has 1 aliphatic rings. The molecule has 0 saturated heterocycles. The Kier molecular flexibility index (Phi) is 6.55. The van der Waals surface area contributed by atoms with Crippen molar-refractivity contribution in [2.75, 3.05) is 57.0 Å². The van der Waals surface area contributed by atoms with Gasteiger partial charge in [-0.1, -0.05) is 66.7 Å². The molecule has 0 spiro atoms. The van der Waals surface area contributed by atoms with Crippen LogP contribution in [-0.4, -0.2) is 42.3 Å². The Hall–Kier alpha value is -3.98. The van der Waals surface area contributed by atoms with Gasteiger partial charge in [0.2, 0.25) is 0 Å². The van der Waals surface area contributed by atoms with Gasteiger partial charge in [0.25, 0.3) is 0 Å². The monoisotopic (exact) mass is 487 g/mol. The highest BCUT2D eigenvalue weighted by atomic mass is 15.1. The molecule has 188 valence electrons. The maximum Gasteiger partial charge on any atom is 0.0458 e. The molecule has 1 fully saturated rings. The molecule has 0 N–H and O–H groups in total. The fourth-order valence-electron chi connectivity index (χ4n) is 5.38. The first-order valence-corrected chi connectivity index (χ1v) is 12.9. The minimum atomic E-state index is -0.138. The Morgan fingerprint density at radius 2 is 0.865 bits per heavy atom. The van der Waals surface area contributed by atoms with Gasteiger partial charge in [-0.25, -0.2) is 0 Å². The van der Waals surface area contributed by atoms with Gasteiger partial charge < -0.3 is 14.7 Å². The molecule has 0 radical (unpaired) electrons. The molecule has 1 saturated carbocycles. The second-order valence-electron chi connectivity index (χ2n) is 10.6. The quantitative estimate of drug-likeness (QED) is 0.276. The first-order valence-electron chi connectivity index (χ1n) is 12.9. The standard InChI is InChI=1S/C34H37N3/c1-35(2)29-18-12-26(13-19-29)33(25-10-8-7-9-11-25)32-24-34(32,27-14-20-30(21-15-27)36(3)4)28-16-22-31(23-17-28)37(5)6/h7-23H,24H2,1-6H3. The molecule has 0 unspecified atom stereocenters. The summed E-state index contributed by atoms with van der Waals surface area (Å²) >= 11 is 0. The largest absolute Gasteiger partial charge is 0.378 e. The molecule has 0 heterocycles. The maximum atomic E-state index is 2.32. The summed E-state index contributed by atoms with van der Waals surface area (Å²) < 4.78 is 0. The van der Waals surface area contributed by atoms with E-state index in [2.05, 4.69) is 160 Å². The van der Waals surface area contributed by atoms with Crippen LogP contribution < -0.4 is 14.7 Å². The van der Waals surface area contributed by atoms with Gasteiger partial charge in [-0.05, 0) is 76.2 Å². The van der Waals surface area contributed by atoms with Crippen LogP contribution in [0.4, 0.5) is 17.1 Å². The molecular formula is C34H37N3. The third-order valence-corrected chi connectivity index (χ3v) is 7.62. The zero-order valence-electron chi connectivity index (χ0n) is 22.9. The molecule has 0 aromatic heterocycles. The van der Waals surface area contributed by atoms with Crippen molar-refractivity contribution in [1.29, 1.82) is 0 Å². The highest BCUT2D eigenvalue weighted by Crippen LogP contribution is 2.62. The van der Waals surface area contributed by atoms with Gasteiger partial charge in [0.1, 0.15) is 0 Å². The van der Waals surface area contributed by atoms with E-state index in [0.717, 1.165) is 6.42 Å².